The Kier molecular flexibility index (Phi) is 18.8. The Bertz CT molecular complexity index is 602. The van der Waals surface area contributed by atoms with Crippen LogP contribution in [-0.4, -0.2) is 87.5 Å². The van der Waals surface area contributed by atoms with Gasteiger partial charge in [-0.15, -0.1) is 0 Å². The Morgan fingerprint density at radius 2 is 1.24 bits per heavy atom. The zero-order valence-corrected chi connectivity index (χ0v) is 22.5. The van der Waals surface area contributed by atoms with Crippen LogP contribution in [-0.2, 0) is 23.8 Å². The zero-order chi connectivity index (χ0) is 27.5. The third kappa shape index (κ3) is 14.4. The van der Waals surface area contributed by atoms with Crippen LogP contribution in [0.3, 0.4) is 0 Å². The Labute approximate surface area is 221 Å². The van der Waals surface area contributed by atoms with Gasteiger partial charge in [0, 0.05) is 6.42 Å². The van der Waals surface area contributed by atoms with Crippen LogP contribution in [0.5, 0.6) is 0 Å². The molecule has 1 fully saturated rings. The summed E-state index contributed by atoms with van der Waals surface area (Å²) in [5, 5.41) is 48.1. The quantitative estimate of drug-likeness (QED) is 0.103. The fraction of sp³-hybridized carbons (Fsp3) is 0.926. The molecule has 5 N–H and O–H groups in total. The van der Waals surface area contributed by atoms with Gasteiger partial charge < -0.3 is 39.7 Å². The van der Waals surface area contributed by atoms with Crippen LogP contribution in [0.25, 0.3) is 0 Å². The average molecular weight is 535 g/mol. The van der Waals surface area contributed by atoms with E-state index in [-0.39, 0.29) is 13.0 Å². The lowest BCUT2D eigenvalue weighted by molar-refractivity contribution is -0.308. The molecule has 0 aliphatic carbocycles. The minimum absolute atomic E-state index is 0.241. The maximum absolute atomic E-state index is 12.0. The number of ether oxygens (including phenoxy) is 3. The van der Waals surface area contributed by atoms with Gasteiger partial charge in [-0.1, -0.05) is 96.8 Å². The van der Waals surface area contributed by atoms with E-state index >= 15 is 0 Å². The molecule has 0 bridgehead atoms. The molecule has 0 radical (unpaired) electrons. The molecule has 1 aliphatic heterocycles. The molecule has 1 aliphatic rings. The molecule has 10 heteroatoms. The molecule has 1 saturated heterocycles. The van der Waals surface area contributed by atoms with E-state index in [1.54, 1.807) is 0 Å². The summed E-state index contributed by atoms with van der Waals surface area (Å²) in [6.45, 7) is 1.33. The molecule has 10 nitrogen and oxygen atoms in total. The first kappa shape index (κ1) is 33.7. The second-order valence-corrected chi connectivity index (χ2v) is 10.1. The Balaban J connectivity index is 2.07. The van der Waals surface area contributed by atoms with Crippen molar-refractivity contribution in [1.29, 1.82) is 0 Å². The van der Waals surface area contributed by atoms with Crippen molar-refractivity contribution >= 4 is 11.9 Å². The average Bonchev–Trinajstić information content (AvgIpc) is 2.88. The second kappa shape index (κ2) is 20.6. The number of aliphatic carboxylic acids is 1. The lowest BCUT2D eigenvalue weighted by atomic mass is 9.99. The summed E-state index contributed by atoms with van der Waals surface area (Å²) in [6, 6.07) is 0. The van der Waals surface area contributed by atoms with Crippen LogP contribution < -0.4 is 0 Å². The first-order valence-corrected chi connectivity index (χ1v) is 14.2. The van der Waals surface area contributed by atoms with Gasteiger partial charge in [0.2, 0.25) is 0 Å². The van der Waals surface area contributed by atoms with E-state index in [1.165, 1.54) is 70.6 Å². The molecule has 0 aromatic heterocycles. The predicted molar refractivity (Wildman–Crippen MR) is 137 cm³/mol. The molecular formula is C27H50O10. The molecule has 1 rings (SSSR count). The number of rotatable bonds is 22. The lowest BCUT2D eigenvalue weighted by Crippen LogP contribution is -2.61. The Morgan fingerprint density at radius 1 is 0.757 bits per heavy atom. The van der Waals surface area contributed by atoms with Crippen molar-refractivity contribution in [3.8, 4) is 0 Å². The highest BCUT2D eigenvalue weighted by Gasteiger charge is 2.48. The van der Waals surface area contributed by atoms with Crippen molar-refractivity contribution in [2.45, 2.75) is 146 Å². The number of unbranched alkanes of at least 4 members (excludes halogenated alkanes) is 14. The number of carbonyl (C=O) groups is 2. The van der Waals surface area contributed by atoms with Crippen molar-refractivity contribution in [1.82, 2.24) is 0 Å². The van der Waals surface area contributed by atoms with Crippen LogP contribution in [0, 0.1) is 0 Å². The smallest absolute Gasteiger partial charge is 0.335 e. The summed E-state index contributed by atoms with van der Waals surface area (Å²) >= 11 is 0. The standard InChI is InChI=1S/C27H50O10/c1-2-3-4-5-6-7-8-9-10-11-12-13-14-15-16-17-21(29)35-19-20(18-28)36-27-24(32)22(30)23(31)25(37-27)26(33)34/h20,22-25,27-28,30-32H,2-19H2,1H3,(H,33,34)/t20-,22-,23-,24+,25-,27+/m0/s1. The van der Waals surface area contributed by atoms with Gasteiger partial charge in [-0.25, -0.2) is 4.79 Å². The number of aliphatic hydroxyl groups is 4. The van der Waals surface area contributed by atoms with Gasteiger partial charge in [-0.05, 0) is 6.42 Å². The monoisotopic (exact) mass is 534 g/mol. The van der Waals surface area contributed by atoms with Crippen molar-refractivity contribution in [2.75, 3.05) is 13.2 Å². The maximum Gasteiger partial charge on any atom is 0.335 e. The minimum atomic E-state index is -1.84. The molecule has 0 amide bonds. The van der Waals surface area contributed by atoms with E-state index in [2.05, 4.69) is 6.92 Å². The highest BCUT2D eigenvalue weighted by molar-refractivity contribution is 5.73. The molecule has 0 saturated carbocycles. The van der Waals surface area contributed by atoms with Gasteiger partial charge in [0.25, 0.3) is 0 Å². The SMILES string of the molecule is CCCCCCCCCCCCCCCCCC(=O)OC[C@H](CO)O[C@@H]1O[C@H](C(=O)O)[C@@H](O)[C@H](O)[C@H]1O. The van der Waals surface area contributed by atoms with E-state index in [0.29, 0.717) is 6.42 Å². The lowest BCUT2D eigenvalue weighted by Gasteiger charge is -2.39. The minimum Gasteiger partial charge on any atom is -0.479 e. The Hall–Kier alpha value is -1.30. The first-order valence-electron chi connectivity index (χ1n) is 14.2. The van der Waals surface area contributed by atoms with Crippen molar-refractivity contribution in [3.63, 3.8) is 0 Å². The largest absolute Gasteiger partial charge is 0.479 e. The molecular weight excluding hydrogens is 484 g/mol. The van der Waals surface area contributed by atoms with Gasteiger partial charge in [0.15, 0.2) is 12.4 Å². The van der Waals surface area contributed by atoms with E-state index in [9.17, 15) is 30.0 Å². The number of aliphatic hydroxyl groups excluding tert-OH is 4. The van der Waals surface area contributed by atoms with Gasteiger partial charge in [0.1, 0.15) is 31.0 Å². The van der Waals surface area contributed by atoms with Gasteiger partial charge in [0.05, 0.1) is 6.61 Å². The molecule has 0 aromatic rings. The number of hydrogen-bond acceptors (Lipinski definition) is 9. The van der Waals surface area contributed by atoms with E-state index in [4.69, 9.17) is 19.3 Å². The highest BCUT2D eigenvalue weighted by Crippen LogP contribution is 2.23. The van der Waals surface area contributed by atoms with Crippen LogP contribution >= 0.6 is 0 Å². The molecule has 1 heterocycles. The van der Waals surface area contributed by atoms with Crippen LogP contribution in [0.15, 0.2) is 0 Å². The molecule has 0 unspecified atom stereocenters. The van der Waals surface area contributed by atoms with E-state index in [1.807, 2.05) is 0 Å². The summed E-state index contributed by atoms with van der Waals surface area (Å²) < 4.78 is 15.4. The fourth-order valence-corrected chi connectivity index (χ4v) is 4.39. The number of esters is 1. The van der Waals surface area contributed by atoms with Gasteiger partial charge in [-0.3, -0.25) is 4.79 Å². The summed E-state index contributed by atoms with van der Waals surface area (Å²) in [5.74, 6) is -1.98. The van der Waals surface area contributed by atoms with Crippen molar-refractivity contribution < 1.29 is 49.3 Å². The number of hydrogen-bond donors (Lipinski definition) is 5. The van der Waals surface area contributed by atoms with Crippen LogP contribution in [0.2, 0.25) is 0 Å². The second-order valence-electron chi connectivity index (χ2n) is 10.1. The van der Waals surface area contributed by atoms with E-state index < -0.39 is 55.4 Å². The maximum atomic E-state index is 12.0. The van der Waals surface area contributed by atoms with Crippen molar-refractivity contribution in [3.05, 3.63) is 0 Å². The van der Waals surface area contributed by atoms with Crippen LogP contribution in [0.4, 0.5) is 0 Å². The molecule has 0 spiro atoms. The van der Waals surface area contributed by atoms with Crippen LogP contribution in [0.1, 0.15) is 110 Å². The molecule has 6 atom stereocenters. The normalized spacial score (nSPS) is 24.6. The Morgan fingerprint density at radius 3 is 1.70 bits per heavy atom. The van der Waals surface area contributed by atoms with E-state index in [0.717, 1.165) is 19.3 Å². The number of carbonyl (C=O) groups excluding carboxylic acids is 1. The van der Waals surface area contributed by atoms with Gasteiger partial charge >= 0.3 is 11.9 Å². The summed E-state index contributed by atoms with van der Waals surface area (Å²) in [5.41, 5.74) is 0. The summed E-state index contributed by atoms with van der Waals surface area (Å²) in [4.78, 5) is 23.2. The summed E-state index contributed by atoms with van der Waals surface area (Å²) in [7, 11) is 0. The van der Waals surface area contributed by atoms with Crippen molar-refractivity contribution in [2.24, 2.45) is 0 Å². The number of carboxylic acids is 1. The van der Waals surface area contributed by atoms with Gasteiger partial charge in [-0.2, -0.15) is 0 Å². The highest BCUT2D eigenvalue weighted by atomic mass is 16.7. The third-order valence-corrected chi connectivity index (χ3v) is 6.76. The number of carboxylic acid groups (broad SMARTS) is 1. The molecule has 218 valence electrons. The molecule has 37 heavy (non-hydrogen) atoms. The molecule has 0 aromatic carbocycles. The zero-order valence-electron chi connectivity index (χ0n) is 22.5. The predicted octanol–water partition coefficient (Wildman–Crippen LogP) is 3.06. The third-order valence-electron chi connectivity index (χ3n) is 6.76. The fourth-order valence-electron chi connectivity index (χ4n) is 4.39. The first-order chi connectivity index (χ1) is 17.8. The summed E-state index contributed by atoms with van der Waals surface area (Å²) in [6.07, 6.45) is 8.80. The topological polar surface area (TPSA) is 163 Å².